The van der Waals surface area contributed by atoms with Crippen LogP contribution in [0, 0.1) is 22.4 Å². The van der Waals surface area contributed by atoms with Gasteiger partial charge in [-0.2, -0.15) is 0 Å². The van der Waals surface area contributed by atoms with Crippen molar-refractivity contribution in [1.82, 2.24) is 4.98 Å². The van der Waals surface area contributed by atoms with Crippen LogP contribution in [0.3, 0.4) is 0 Å². The van der Waals surface area contributed by atoms with Gasteiger partial charge in [0.25, 0.3) is 0 Å². The van der Waals surface area contributed by atoms with Gasteiger partial charge >= 0.3 is 5.69 Å². The van der Waals surface area contributed by atoms with Crippen LogP contribution in [0.4, 0.5) is 5.69 Å². The summed E-state index contributed by atoms with van der Waals surface area (Å²) >= 11 is 0. The Morgan fingerprint density at radius 1 is 1.45 bits per heavy atom. The van der Waals surface area contributed by atoms with Crippen LogP contribution in [0.25, 0.3) is 0 Å². The molecule has 0 unspecified atom stereocenters. The fourth-order valence-corrected chi connectivity index (χ4v) is 1.64. The van der Waals surface area contributed by atoms with Crippen LogP contribution < -0.4 is 10.5 Å². The summed E-state index contributed by atoms with van der Waals surface area (Å²) in [5.41, 5.74) is 6.28. The van der Waals surface area contributed by atoms with Crippen molar-refractivity contribution in [2.45, 2.75) is 6.92 Å². The lowest BCUT2D eigenvalue weighted by atomic mass is 10.2. The highest BCUT2D eigenvalue weighted by Crippen LogP contribution is 2.32. The SMILES string of the molecule is Cc1ccc(Oc2ncccc2C(=N)N)c([N+](=O)[O-])c1. The van der Waals surface area contributed by atoms with Gasteiger partial charge in [-0.25, -0.2) is 4.98 Å². The van der Waals surface area contributed by atoms with Crippen molar-refractivity contribution in [3.05, 3.63) is 57.8 Å². The van der Waals surface area contributed by atoms with E-state index in [2.05, 4.69) is 4.98 Å². The molecule has 0 radical (unpaired) electrons. The lowest BCUT2D eigenvalue weighted by Crippen LogP contribution is -2.13. The monoisotopic (exact) mass is 272 g/mol. The second kappa shape index (κ2) is 5.35. The molecular formula is C13H12N4O3. The normalized spacial score (nSPS) is 10.1. The smallest absolute Gasteiger partial charge is 0.311 e. The Balaban J connectivity index is 2.45. The molecule has 0 aliphatic heterocycles. The predicted octanol–water partition coefficient (Wildman–Crippen LogP) is 2.37. The van der Waals surface area contributed by atoms with Crippen molar-refractivity contribution in [3.8, 4) is 11.6 Å². The van der Waals surface area contributed by atoms with Crippen LogP contribution in [0.1, 0.15) is 11.1 Å². The number of hydrogen-bond donors (Lipinski definition) is 2. The number of nitrogens with zero attached hydrogens (tertiary/aromatic N) is 2. The second-order valence-corrected chi connectivity index (χ2v) is 4.10. The van der Waals surface area contributed by atoms with Crippen LogP contribution in [-0.4, -0.2) is 15.7 Å². The molecule has 1 heterocycles. The maximum atomic E-state index is 11.0. The van der Waals surface area contributed by atoms with Gasteiger partial charge in [0.1, 0.15) is 5.84 Å². The van der Waals surface area contributed by atoms with E-state index in [1.165, 1.54) is 18.3 Å². The summed E-state index contributed by atoms with van der Waals surface area (Å²) in [6.45, 7) is 1.75. The van der Waals surface area contributed by atoms with E-state index >= 15 is 0 Å². The summed E-state index contributed by atoms with van der Waals surface area (Å²) in [6.07, 6.45) is 1.46. The second-order valence-electron chi connectivity index (χ2n) is 4.10. The largest absolute Gasteiger partial charge is 0.431 e. The van der Waals surface area contributed by atoms with E-state index in [-0.39, 0.29) is 28.7 Å². The molecule has 3 N–H and O–H groups in total. The first-order chi connectivity index (χ1) is 9.49. The number of pyridine rings is 1. The number of nitrogens with two attached hydrogens (primary N) is 1. The topological polar surface area (TPSA) is 115 Å². The Bertz CT molecular complexity index is 685. The molecule has 0 atom stereocenters. The zero-order valence-electron chi connectivity index (χ0n) is 10.7. The number of ether oxygens (including phenoxy) is 1. The number of nitro groups is 1. The molecule has 0 spiro atoms. The van der Waals surface area contributed by atoms with E-state index in [4.69, 9.17) is 15.9 Å². The molecule has 102 valence electrons. The highest BCUT2D eigenvalue weighted by molar-refractivity contribution is 5.97. The molecule has 0 saturated heterocycles. The molecule has 2 aromatic rings. The first-order valence-electron chi connectivity index (χ1n) is 5.71. The van der Waals surface area contributed by atoms with Crippen LogP contribution in [0.5, 0.6) is 11.6 Å². The zero-order valence-corrected chi connectivity index (χ0v) is 10.7. The molecule has 20 heavy (non-hydrogen) atoms. The van der Waals surface area contributed by atoms with E-state index < -0.39 is 4.92 Å². The lowest BCUT2D eigenvalue weighted by Gasteiger charge is -2.09. The van der Waals surface area contributed by atoms with E-state index in [0.29, 0.717) is 0 Å². The molecule has 0 amide bonds. The summed E-state index contributed by atoms with van der Waals surface area (Å²) in [7, 11) is 0. The average molecular weight is 272 g/mol. The number of aryl methyl sites for hydroxylation is 1. The number of amidine groups is 1. The Hall–Kier alpha value is -2.96. The Labute approximate surface area is 114 Å². The number of nitro benzene ring substituents is 1. The highest BCUT2D eigenvalue weighted by Gasteiger charge is 2.18. The molecule has 0 aliphatic rings. The van der Waals surface area contributed by atoms with Crippen LogP contribution in [-0.2, 0) is 0 Å². The third-order valence-electron chi connectivity index (χ3n) is 2.58. The predicted molar refractivity (Wildman–Crippen MR) is 73.2 cm³/mol. The molecular weight excluding hydrogens is 260 g/mol. The van der Waals surface area contributed by atoms with Crippen LogP contribution in [0.2, 0.25) is 0 Å². The molecule has 2 rings (SSSR count). The molecule has 1 aromatic carbocycles. The molecule has 7 heteroatoms. The highest BCUT2D eigenvalue weighted by atomic mass is 16.6. The summed E-state index contributed by atoms with van der Waals surface area (Å²) in [5, 5.41) is 18.5. The maximum absolute atomic E-state index is 11.0. The van der Waals surface area contributed by atoms with Gasteiger partial charge < -0.3 is 10.5 Å². The standard InChI is InChI=1S/C13H12N4O3/c1-8-4-5-11(10(7-8)17(18)19)20-13-9(12(14)15)3-2-6-16-13/h2-7H,1H3,(H3,14,15). The van der Waals surface area contributed by atoms with Gasteiger partial charge in [0.2, 0.25) is 11.6 Å². The van der Waals surface area contributed by atoms with Gasteiger partial charge in [0, 0.05) is 12.3 Å². The Morgan fingerprint density at radius 2 is 2.20 bits per heavy atom. The van der Waals surface area contributed by atoms with Gasteiger partial charge in [-0.3, -0.25) is 15.5 Å². The summed E-state index contributed by atoms with van der Waals surface area (Å²) in [5.74, 6) is -0.100. The number of benzene rings is 1. The summed E-state index contributed by atoms with van der Waals surface area (Å²) in [4.78, 5) is 14.4. The number of hydrogen-bond acceptors (Lipinski definition) is 5. The van der Waals surface area contributed by atoms with Crippen molar-refractivity contribution in [1.29, 1.82) is 5.41 Å². The molecule has 7 nitrogen and oxygen atoms in total. The maximum Gasteiger partial charge on any atom is 0.311 e. The van der Waals surface area contributed by atoms with Gasteiger partial charge in [-0.1, -0.05) is 6.07 Å². The van der Waals surface area contributed by atoms with Crippen molar-refractivity contribution < 1.29 is 9.66 Å². The fourth-order valence-electron chi connectivity index (χ4n) is 1.64. The van der Waals surface area contributed by atoms with Gasteiger partial charge in [-0.15, -0.1) is 0 Å². The van der Waals surface area contributed by atoms with Gasteiger partial charge in [0.05, 0.1) is 10.5 Å². The quantitative estimate of drug-likeness (QED) is 0.383. The van der Waals surface area contributed by atoms with Crippen LogP contribution in [0.15, 0.2) is 36.5 Å². The Kier molecular flexibility index (Phi) is 3.60. The molecule has 0 bridgehead atoms. The minimum atomic E-state index is -0.529. The average Bonchev–Trinajstić information content (AvgIpc) is 2.41. The zero-order chi connectivity index (χ0) is 14.7. The van der Waals surface area contributed by atoms with E-state index in [9.17, 15) is 10.1 Å². The number of aromatic nitrogens is 1. The summed E-state index contributed by atoms with van der Waals surface area (Å²) in [6, 6.07) is 7.76. The van der Waals surface area contributed by atoms with E-state index in [1.807, 2.05) is 0 Å². The van der Waals surface area contributed by atoms with Crippen molar-refractivity contribution >= 4 is 11.5 Å². The minimum Gasteiger partial charge on any atom is -0.431 e. The van der Waals surface area contributed by atoms with Gasteiger partial charge in [-0.05, 0) is 30.7 Å². The third kappa shape index (κ3) is 2.72. The molecule has 1 aromatic heterocycles. The molecule has 0 aliphatic carbocycles. The van der Waals surface area contributed by atoms with Crippen molar-refractivity contribution in [3.63, 3.8) is 0 Å². The van der Waals surface area contributed by atoms with Crippen molar-refractivity contribution in [2.75, 3.05) is 0 Å². The number of rotatable bonds is 4. The molecule has 0 saturated carbocycles. The van der Waals surface area contributed by atoms with Gasteiger partial charge in [0.15, 0.2) is 0 Å². The fraction of sp³-hybridized carbons (Fsp3) is 0.0769. The molecule has 0 fully saturated rings. The van der Waals surface area contributed by atoms with E-state index in [1.54, 1.807) is 25.1 Å². The van der Waals surface area contributed by atoms with Crippen LogP contribution >= 0.6 is 0 Å². The van der Waals surface area contributed by atoms with E-state index in [0.717, 1.165) is 5.56 Å². The summed E-state index contributed by atoms with van der Waals surface area (Å²) < 4.78 is 5.44. The minimum absolute atomic E-state index is 0.0572. The Morgan fingerprint density at radius 3 is 2.85 bits per heavy atom. The number of nitrogens with one attached hydrogen (secondary N) is 1. The lowest BCUT2D eigenvalue weighted by molar-refractivity contribution is -0.385. The first-order valence-corrected chi connectivity index (χ1v) is 5.71. The third-order valence-corrected chi connectivity index (χ3v) is 2.58. The first kappa shape index (κ1) is 13.5. The van der Waals surface area contributed by atoms with Crippen molar-refractivity contribution in [2.24, 2.45) is 5.73 Å². The number of nitrogen functional groups attached to an aromatic ring is 1.